The third kappa shape index (κ3) is 6.96. The zero-order chi connectivity index (χ0) is 18.0. The lowest BCUT2D eigenvalue weighted by Gasteiger charge is -2.24. The molecule has 3 N–H and O–H groups in total. The monoisotopic (exact) mass is 411 g/mol. The van der Waals surface area contributed by atoms with Crippen LogP contribution >= 0.6 is 15.9 Å². The molecule has 6 heteroatoms. The first kappa shape index (κ1) is 20.2. The number of ether oxygens (including phenoxy) is 1. The first-order chi connectivity index (χ1) is 12.2. The predicted molar refractivity (Wildman–Crippen MR) is 106 cm³/mol. The number of aliphatic hydroxyl groups excluding tert-OH is 1. The lowest BCUT2D eigenvalue weighted by molar-refractivity contribution is 0.131. The van der Waals surface area contributed by atoms with Crippen LogP contribution in [0.1, 0.15) is 31.7 Å². The van der Waals surface area contributed by atoms with Crippen LogP contribution in [0.4, 0.5) is 0 Å². The number of nitrogens with one attached hydrogen (secondary N) is 2. The van der Waals surface area contributed by atoms with Gasteiger partial charge in [0, 0.05) is 36.2 Å². The van der Waals surface area contributed by atoms with Crippen LogP contribution in [0.5, 0.6) is 0 Å². The topological polar surface area (TPSA) is 65.9 Å². The average molecular weight is 412 g/mol. The van der Waals surface area contributed by atoms with Crippen LogP contribution in [0.2, 0.25) is 0 Å². The van der Waals surface area contributed by atoms with Crippen molar-refractivity contribution in [3.8, 4) is 0 Å². The van der Waals surface area contributed by atoms with Gasteiger partial charge < -0.3 is 20.5 Å². The maximum absolute atomic E-state index is 9.32. The molecule has 0 aromatic heterocycles. The third-order valence-electron chi connectivity index (χ3n) is 4.57. The van der Waals surface area contributed by atoms with Gasteiger partial charge in [0.1, 0.15) is 0 Å². The number of halogens is 1. The summed E-state index contributed by atoms with van der Waals surface area (Å²) in [6.45, 7) is 6.12. The highest BCUT2D eigenvalue weighted by Gasteiger charge is 2.34. The molecule has 1 aliphatic heterocycles. The van der Waals surface area contributed by atoms with Gasteiger partial charge in [-0.25, -0.2) is 0 Å². The van der Waals surface area contributed by atoms with Gasteiger partial charge in [-0.1, -0.05) is 28.1 Å². The van der Waals surface area contributed by atoms with Crippen molar-refractivity contribution in [1.82, 2.24) is 10.6 Å². The van der Waals surface area contributed by atoms with E-state index in [-0.39, 0.29) is 12.0 Å². The number of aryl methyl sites for hydroxylation is 1. The molecule has 1 aromatic rings. The summed E-state index contributed by atoms with van der Waals surface area (Å²) in [5.74, 6) is 0.848. The van der Waals surface area contributed by atoms with E-state index in [2.05, 4.69) is 51.7 Å². The molecule has 0 saturated carbocycles. The maximum Gasteiger partial charge on any atom is 0.191 e. The fraction of sp³-hybridized carbons (Fsp3) is 0.632. The third-order valence-corrected chi connectivity index (χ3v) is 5.06. The summed E-state index contributed by atoms with van der Waals surface area (Å²) in [5, 5.41) is 16.0. The molecule has 5 nitrogen and oxygen atoms in total. The standard InChI is InChI=1S/C19H30BrN3O2/c1-2-21-18(23-14-19(8-11-24)9-12-25-15-19)22-10-4-6-16-5-3-7-17(20)13-16/h3,5,7,13,24H,2,4,6,8-12,14-15H2,1H3,(H2,21,22,23). The van der Waals surface area contributed by atoms with Gasteiger partial charge in [0.15, 0.2) is 5.96 Å². The van der Waals surface area contributed by atoms with Crippen molar-refractivity contribution in [1.29, 1.82) is 0 Å². The predicted octanol–water partition coefficient (Wildman–Crippen LogP) is 2.73. The van der Waals surface area contributed by atoms with Gasteiger partial charge in [-0.05, 0) is 50.3 Å². The second-order valence-electron chi connectivity index (χ2n) is 6.63. The Bertz CT molecular complexity index is 545. The Morgan fingerprint density at radius 1 is 1.40 bits per heavy atom. The lowest BCUT2D eigenvalue weighted by Crippen LogP contribution is -2.39. The van der Waals surface area contributed by atoms with Crippen LogP contribution in [-0.4, -0.2) is 50.5 Å². The van der Waals surface area contributed by atoms with Crippen molar-refractivity contribution in [2.24, 2.45) is 10.4 Å². The minimum Gasteiger partial charge on any atom is -0.396 e. The zero-order valence-corrected chi connectivity index (χ0v) is 16.6. The highest BCUT2D eigenvalue weighted by atomic mass is 79.9. The summed E-state index contributed by atoms with van der Waals surface area (Å²) in [6.07, 6.45) is 3.80. The molecule has 0 spiro atoms. The average Bonchev–Trinajstić information content (AvgIpc) is 3.06. The number of guanidine groups is 1. The Morgan fingerprint density at radius 2 is 2.28 bits per heavy atom. The van der Waals surface area contributed by atoms with Gasteiger partial charge >= 0.3 is 0 Å². The molecule has 2 rings (SSSR count). The number of rotatable bonds is 9. The fourth-order valence-corrected chi connectivity index (χ4v) is 3.51. The molecule has 1 aromatic carbocycles. The van der Waals surface area contributed by atoms with Gasteiger partial charge in [-0.2, -0.15) is 0 Å². The number of aliphatic hydroxyl groups is 1. The van der Waals surface area contributed by atoms with Crippen molar-refractivity contribution in [2.75, 3.05) is 39.5 Å². The molecule has 0 bridgehead atoms. The molecule has 0 aliphatic carbocycles. The van der Waals surface area contributed by atoms with Gasteiger partial charge in [-0.15, -0.1) is 0 Å². The Balaban J connectivity index is 1.80. The number of hydrogen-bond acceptors (Lipinski definition) is 3. The van der Waals surface area contributed by atoms with E-state index in [9.17, 15) is 5.11 Å². The van der Waals surface area contributed by atoms with Gasteiger partial charge in [0.2, 0.25) is 0 Å². The normalized spacial score (nSPS) is 20.7. The Morgan fingerprint density at radius 3 is 2.96 bits per heavy atom. The van der Waals surface area contributed by atoms with Gasteiger partial charge in [-0.3, -0.25) is 4.99 Å². The SMILES string of the molecule is CCNC(=NCC1(CCO)CCOC1)NCCCc1cccc(Br)c1. The molecular weight excluding hydrogens is 382 g/mol. The Labute approximate surface area is 159 Å². The number of benzene rings is 1. The Hall–Kier alpha value is -1.11. The van der Waals surface area contributed by atoms with Crippen LogP contribution in [0, 0.1) is 5.41 Å². The summed E-state index contributed by atoms with van der Waals surface area (Å²) >= 11 is 3.51. The van der Waals surface area contributed by atoms with E-state index in [4.69, 9.17) is 9.73 Å². The van der Waals surface area contributed by atoms with Crippen molar-refractivity contribution in [3.05, 3.63) is 34.3 Å². The smallest absolute Gasteiger partial charge is 0.191 e. The largest absolute Gasteiger partial charge is 0.396 e. The molecule has 25 heavy (non-hydrogen) atoms. The highest BCUT2D eigenvalue weighted by molar-refractivity contribution is 9.10. The lowest BCUT2D eigenvalue weighted by atomic mass is 9.84. The quantitative estimate of drug-likeness (QED) is 0.332. The maximum atomic E-state index is 9.32. The summed E-state index contributed by atoms with van der Waals surface area (Å²) in [7, 11) is 0. The van der Waals surface area contributed by atoms with E-state index in [1.807, 2.05) is 6.07 Å². The van der Waals surface area contributed by atoms with Crippen molar-refractivity contribution < 1.29 is 9.84 Å². The summed E-state index contributed by atoms with van der Waals surface area (Å²) in [5.41, 5.74) is 1.33. The van der Waals surface area contributed by atoms with E-state index in [1.165, 1.54) is 5.56 Å². The van der Waals surface area contributed by atoms with Crippen molar-refractivity contribution in [3.63, 3.8) is 0 Å². The number of hydrogen-bond donors (Lipinski definition) is 3. The minimum absolute atomic E-state index is 0.00653. The number of nitrogens with zero attached hydrogens (tertiary/aromatic N) is 1. The molecule has 140 valence electrons. The van der Waals surface area contributed by atoms with E-state index in [1.54, 1.807) is 0 Å². The second-order valence-corrected chi connectivity index (χ2v) is 7.55. The van der Waals surface area contributed by atoms with Crippen LogP contribution in [0.25, 0.3) is 0 Å². The highest BCUT2D eigenvalue weighted by Crippen LogP contribution is 2.32. The molecule has 1 fully saturated rings. The van der Waals surface area contributed by atoms with Gasteiger partial charge in [0.05, 0.1) is 13.2 Å². The molecule has 1 aliphatic rings. The first-order valence-corrected chi connectivity index (χ1v) is 9.92. The van der Waals surface area contributed by atoms with Crippen molar-refractivity contribution in [2.45, 2.75) is 32.6 Å². The molecule has 0 amide bonds. The second kappa shape index (κ2) is 10.8. The summed E-state index contributed by atoms with van der Waals surface area (Å²) in [6, 6.07) is 8.44. The van der Waals surface area contributed by atoms with Crippen LogP contribution in [-0.2, 0) is 11.2 Å². The minimum atomic E-state index is -0.00653. The fourth-order valence-electron chi connectivity index (χ4n) is 3.07. The summed E-state index contributed by atoms with van der Waals surface area (Å²) < 4.78 is 6.66. The molecule has 1 unspecified atom stereocenters. The Kier molecular flexibility index (Phi) is 8.72. The summed E-state index contributed by atoms with van der Waals surface area (Å²) in [4.78, 5) is 4.74. The first-order valence-electron chi connectivity index (χ1n) is 9.13. The van der Waals surface area contributed by atoms with E-state index < -0.39 is 0 Å². The van der Waals surface area contributed by atoms with Crippen LogP contribution in [0.15, 0.2) is 33.7 Å². The molecule has 0 radical (unpaired) electrons. The molecule has 1 atom stereocenters. The van der Waals surface area contributed by atoms with E-state index in [0.29, 0.717) is 13.2 Å². The van der Waals surface area contributed by atoms with Crippen LogP contribution in [0.3, 0.4) is 0 Å². The molecule has 1 heterocycles. The van der Waals surface area contributed by atoms with Crippen molar-refractivity contribution >= 4 is 21.9 Å². The molecular formula is C19H30BrN3O2. The van der Waals surface area contributed by atoms with E-state index in [0.717, 1.165) is 55.8 Å². The van der Waals surface area contributed by atoms with Crippen LogP contribution < -0.4 is 10.6 Å². The number of aliphatic imine (C=N–C) groups is 1. The molecule has 1 saturated heterocycles. The van der Waals surface area contributed by atoms with Gasteiger partial charge in [0.25, 0.3) is 0 Å². The zero-order valence-electron chi connectivity index (χ0n) is 15.1. The van der Waals surface area contributed by atoms with E-state index >= 15 is 0 Å².